The SMILES string of the molecule is CCOC(=O)C1(NC)CCC(n2cnc3c2CCCC3)C1. The Morgan fingerprint density at radius 2 is 2.33 bits per heavy atom. The van der Waals surface area contributed by atoms with Gasteiger partial charge in [-0.15, -0.1) is 0 Å². The van der Waals surface area contributed by atoms with E-state index in [4.69, 9.17) is 4.74 Å². The van der Waals surface area contributed by atoms with Crippen LogP contribution in [-0.2, 0) is 22.4 Å². The summed E-state index contributed by atoms with van der Waals surface area (Å²) in [4.78, 5) is 16.9. The maximum atomic E-state index is 12.3. The summed E-state index contributed by atoms with van der Waals surface area (Å²) in [6.45, 7) is 2.30. The quantitative estimate of drug-likeness (QED) is 0.862. The first-order chi connectivity index (χ1) is 10.2. The van der Waals surface area contributed by atoms with Gasteiger partial charge in [0, 0.05) is 11.7 Å². The Morgan fingerprint density at radius 3 is 3.10 bits per heavy atom. The fourth-order valence-corrected chi connectivity index (χ4v) is 3.85. The molecule has 2 atom stereocenters. The maximum Gasteiger partial charge on any atom is 0.326 e. The van der Waals surface area contributed by atoms with Gasteiger partial charge in [-0.25, -0.2) is 4.98 Å². The highest BCUT2D eigenvalue weighted by molar-refractivity contribution is 5.81. The number of nitrogens with one attached hydrogen (secondary N) is 1. The zero-order valence-corrected chi connectivity index (χ0v) is 13.0. The van der Waals surface area contributed by atoms with E-state index in [1.807, 2.05) is 20.3 Å². The van der Waals surface area contributed by atoms with Crippen LogP contribution in [0.15, 0.2) is 6.33 Å². The van der Waals surface area contributed by atoms with Gasteiger partial charge < -0.3 is 14.6 Å². The highest BCUT2D eigenvalue weighted by Gasteiger charge is 2.46. The van der Waals surface area contributed by atoms with Gasteiger partial charge in [-0.3, -0.25) is 4.79 Å². The molecule has 1 heterocycles. The summed E-state index contributed by atoms with van der Waals surface area (Å²) < 4.78 is 7.60. The van der Waals surface area contributed by atoms with Crippen molar-refractivity contribution in [1.29, 1.82) is 0 Å². The second kappa shape index (κ2) is 5.79. The van der Waals surface area contributed by atoms with E-state index < -0.39 is 5.54 Å². The van der Waals surface area contributed by atoms with E-state index in [1.165, 1.54) is 24.2 Å². The summed E-state index contributed by atoms with van der Waals surface area (Å²) in [5.74, 6) is -0.107. The number of carbonyl (C=O) groups is 1. The third-order valence-electron chi connectivity index (χ3n) is 5.09. The Hall–Kier alpha value is -1.36. The number of rotatable bonds is 4. The minimum absolute atomic E-state index is 0.107. The molecule has 3 rings (SSSR count). The number of hydrogen-bond acceptors (Lipinski definition) is 4. The van der Waals surface area contributed by atoms with Gasteiger partial charge in [0.2, 0.25) is 0 Å². The number of nitrogens with zero attached hydrogens (tertiary/aromatic N) is 2. The number of carbonyl (C=O) groups excluding carboxylic acids is 1. The summed E-state index contributed by atoms with van der Waals surface area (Å²) >= 11 is 0. The van der Waals surface area contributed by atoms with Crippen LogP contribution in [0, 0.1) is 0 Å². The first-order valence-electron chi connectivity index (χ1n) is 8.11. The Kier molecular flexibility index (Phi) is 4.02. The number of esters is 1. The Bertz CT molecular complexity index is 526. The molecule has 1 N–H and O–H groups in total. The predicted octanol–water partition coefficient (Wildman–Crippen LogP) is 2.01. The van der Waals surface area contributed by atoms with Crippen LogP contribution in [0.3, 0.4) is 0 Å². The predicted molar refractivity (Wildman–Crippen MR) is 80.2 cm³/mol. The summed E-state index contributed by atoms with van der Waals surface area (Å²) in [5.41, 5.74) is 2.13. The number of imidazole rings is 1. The van der Waals surface area contributed by atoms with Crippen molar-refractivity contribution in [2.75, 3.05) is 13.7 Å². The number of aromatic nitrogens is 2. The number of hydrogen-bond donors (Lipinski definition) is 1. The van der Waals surface area contributed by atoms with Gasteiger partial charge in [0.25, 0.3) is 0 Å². The molecule has 0 amide bonds. The van der Waals surface area contributed by atoms with Gasteiger partial charge >= 0.3 is 5.97 Å². The van der Waals surface area contributed by atoms with Crippen molar-refractivity contribution in [3.8, 4) is 0 Å². The minimum Gasteiger partial charge on any atom is -0.465 e. The van der Waals surface area contributed by atoms with Crippen LogP contribution in [0.4, 0.5) is 0 Å². The van der Waals surface area contributed by atoms with Crippen LogP contribution in [0.2, 0.25) is 0 Å². The molecule has 2 aliphatic rings. The average molecular weight is 291 g/mol. The molecule has 0 aromatic carbocycles. The third-order valence-corrected chi connectivity index (χ3v) is 5.09. The van der Waals surface area contributed by atoms with E-state index in [0.717, 1.165) is 32.1 Å². The van der Waals surface area contributed by atoms with Gasteiger partial charge in [0.1, 0.15) is 5.54 Å². The first kappa shape index (κ1) is 14.6. The molecule has 0 bridgehead atoms. The second-order valence-corrected chi connectivity index (χ2v) is 6.20. The molecule has 5 nitrogen and oxygen atoms in total. The monoisotopic (exact) mass is 291 g/mol. The fraction of sp³-hybridized carbons (Fsp3) is 0.750. The molecule has 0 saturated heterocycles. The molecule has 1 saturated carbocycles. The standard InChI is InChI=1S/C16H25N3O2/c1-3-21-15(20)16(17-2)9-8-12(10-16)19-11-18-13-6-4-5-7-14(13)19/h11-12,17H,3-10H2,1-2H3. The zero-order chi connectivity index (χ0) is 14.9. The smallest absolute Gasteiger partial charge is 0.326 e. The molecule has 0 aliphatic heterocycles. The minimum atomic E-state index is -0.521. The van der Waals surface area contributed by atoms with Crippen LogP contribution in [-0.4, -0.2) is 34.7 Å². The molecular formula is C16H25N3O2. The van der Waals surface area contributed by atoms with Gasteiger partial charge in [0.15, 0.2) is 0 Å². The molecule has 116 valence electrons. The topological polar surface area (TPSA) is 56.1 Å². The normalized spacial score (nSPS) is 28.4. The Balaban J connectivity index is 1.80. The van der Waals surface area contributed by atoms with Crippen LogP contribution in [0.1, 0.15) is 56.5 Å². The highest BCUT2D eigenvalue weighted by Crippen LogP contribution is 2.40. The van der Waals surface area contributed by atoms with Gasteiger partial charge in [0.05, 0.1) is 18.6 Å². The summed E-state index contributed by atoms with van der Waals surface area (Å²) in [7, 11) is 1.86. The molecule has 0 spiro atoms. The molecule has 5 heteroatoms. The van der Waals surface area contributed by atoms with Crippen molar-refractivity contribution in [2.45, 2.75) is 63.5 Å². The number of aryl methyl sites for hydroxylation is 1. The molecule has 1 aromatic rings. The van der Waals surface area contributed by atoms with E-state index in [1.54, 1.807) is 0 Å². The van der Waals surface area contributed by atoms with E-state index >= 15 is 0 Å². The van der Waals surface area contributed by atoms with E-state index in [-0.39, 0.29) is 5.97 Å². The highest BCUT2D eigenvalue weighted by atomic mass is 16.5. The maximum absolute atomic E-state index is 12.3. The molecule has 21 heavy (non-hydrogen) atoms. The molecular weight excluding hydrogens is 266 g/mol. The average Bonchev–Trinajstić information content (AvgIpc) is 3.12. The zero-order valence-electron chi connectivity index (χ0n) is 13.0. The lowest BCUT2D eigenvalue weighted by Crippen LogP contribution is -2.49. The Morgan fingerprint density at radius 1 is 1.52 bits per heavy atom. The van der Waals surface area contributed by atoms with Crippen LogP contribution in [0.5, 0.6) is 0 Å². The summed E-state index contributed by atoms with van der Waals surface area (Å²) in [6.07, 6.45) is 9.34. The summed E-state index contributed by atoms with van der Waals surface area (Å²) in [5, 5.41) is 3.23. The largest absolute Gasteiger partial charge is 0.465 e. The lowest BCUT2D eigenvalue weighted by atomic mass is 9.97. The first-order valence-corrected chi connectivity index (χ1v) is 8.11. The molecule has 2 aliphatic carbocycles. The van der Waals surface area contributed by atoms with Crippen molar-refractivity contribution in [1.82, 2.24) is 14.9 Å². The van der Waals surface area contributed by atoms with Crippen molar-refractivity contribution in [3.05, 3.63) is 17.7 Å². The van der Waals surface area contributed by atoms with Crippen molar-refractivity contribution in [2.24, 2.45) is 0 Å². The van der Waals surface area contributed by atoms with Gasteiger partial charge in [-0.2, -0.15) is 0 Å². The number of ether oxygens (including phenoxy) is 1. The molecule has 1 fully saturated rings. The lowest BCUT2D eigenvalue weighted by molar-refractivity contribution is -0.150. The number of likely N-dealkylation sites (N-methyl/N-ethyl adjacent to an activating group) is 1. The van der Waals surface area contributed by atoms with Crippen LogP contribution < -0.4 is 5.32 Å². The van der Waals surface area contributed by atoms with E-state index in [9.17, 15) is 4.79 Å². The van der Waals surface area contributed by atoms with E-state index in [2.05, 4.69) is 14.9 Å². The molecule has 1 aromatic heterocycles. The Labute approximate surface area is 126 Å². The second-order valence-electron chi connectivity index (χ2n) is 6.20. The van der Waals surface area contributed by atoms with Crippen molar-refractivity contribution in [3.63, 3.8) is 0 Å². The fourth-order valence-electron chi connectivity index (χ4n) is 3.85. The lowest BCUT2D eigenvalue weighted by Gasteiger charge is -2.27. The van der Waals surface area contributed by atoms with Crippen LogP contribution >= 0.6 is 0 Å². The third kappa shape index (κ3) is 2.48. The molecule has 0 radical (unpaired) electrons. The molecule has 2 unspecified atom stereocenters. The van der Waals surface area contributed by atoms with E-state index in [0.29, 0.717) is 12.6 Å². The number of fused-ring (bicyclic) bond motifs is 1. The van der Waals surface area contributed by atoms with Crippen molar-refractivity contribution >= 4 is 5.97 Å². The van der Waals surface area contributed by atoms with Crippen molar-refractivity contribution < 1.29 is 9.53 Å². The van der Waals surface area contributed by atoms with Gasteiger partial charge in [-0.1, -0.05) is 0 Å². The summed E-state index contributed by atoms with van der Waals surface area (Å²) in [6, 6.07) is 0.358. The van der Waals surface area contributed by atoms with Crippen LogP contribution in [0.25, 0.3) is 0 Å². The van der Waals surface area contributed by atoms with Gasteiger partial charge in [-0.05, 0) is 58.9 Å².